The van der Waals surface area contributed by atoms with Gasteiger partial charge in [0, 0.05) is 13.1 Å². The summed E-state index contributed by atoms with van der Waals surface area (Å²) in [5, 5.41) is 13.8. The van der Waals surface area contributed by atoms with Crippen molar-refractivity contribution in [2.24, 2.45) is 11.1 Å². The van der Waals surface area contributed by atoms with Crippen LogP contribution < -0.4 is 5.14 Å². The number of alkyl halides is 3. The highest BCUT2D eigenvalue weighted by Gasteiger charge is 2.44. The third-order valence-corrected chi connectivity index (χ3v) is 3.73. The Morgan fingerprint density at radius 2 is 1.75 bits per heavy atom. The molecule has 5 nitrogen and oxygen atoms in total. The molecule has 0 aromatic carbocycles. The number of nitrogens with zero attached hydrogens (tertiary/aromatic N) is 1. The predicted octanol–water partition coefficient (Wildman–Crippen LogP) is -0.175. The Balaban J connectivity index is 2.56. The maximum atomic E-state index is 12.2. The molecule has 1 aliphatic heterocycles. The largest absolute Gasteiger partial charge is 0.414 e. The first-order chi connectivity index (χ1) is 7.12. The number of aliphatic hydroxyl groups is 1. The second kappa shape index (κ2) is 4.47. The van der Waals surface area contributed by atoms with Crippen LogP contribution in [0.15, 0.2) is 0 Å². The SMILES string of the molecule is NS(=O)(=O)N1CCC(C(O)C(F)(F)F)CC1. The normalized spacial score (nSPS) is 23.3. The Bertz CT molecular complexity index is 335. The summed E-state index contributed by atoms with van der Waals surface area (Å²) >= 11 is 0. The Kier molecular flexibility index (Phi) is 3.83. The minimum absolute atomic E-state index is 0.0445. The van der Waals surface area contributed by atoms with Crippen LogP contribution in [0.5, 0.6) is 0 Å². The minimum Gasteiger partial charge on any atom is -0.383 e. The fourth-order valence-electron chi connectivity index (χ4n) is 1.71. The lowest BCUT2D eigenvalue weighted by Crippen LogP contribution is -2.46. The second-order valence-electron chi connectivity index (χ2n) is 3.77. The van der Waals surface area contributed by atoms with E-state index in [9.17, 15) is 21.6 Å². The fourth-order valence-corrected chi connectivity index (χ4v) is 2.43. The Labute approximate surface area is 91.2 Å². The molecule has 1 fully saturated rings. The number of rotatable bonds is 2. The monoisotopic (exact) mass is 262 g/mol. The molecule has 9 heteroatoms. The van der Waals surface area contributed by atoms with E-state index < -0.39 is 28.4 Å². The zero-order chi connectivity index (χ0) is 12.6. The van der Waals surface area contributed by atoms with E-state index in [1.807, 2.05) is 0 Å². The van der Waals surface area contributed by atoms with Crippen molar-refractivity contribution < 1.29 is 26.7 Å². The average molecular weight is 262 g/mol. The van der Waals surface area contributed by atoms with Crippen LogP contribution in [0.2, 0.25) is 0 Å². The van der Waals surface area contributed by atoms with E-state index >= 15 is 0 Å². The molecule has 1 unspecified atom stereocenters. The highest BCUT2D eigenvalue weighted by Crippen LogP contribution is 2.31. The number of piperidine rings is 1. The molecule has 1 aliphatic rings. The van der Waals surface area contributed by atoms with Crippen LogP contribution in [0.4, 0.5) is 13.2 Å². The van der Waals surface area contributed by atoms with Crippen LogP contribution >= 0.6 is 0 Å². The molecule has 0 radical (unpaired) electrons. The van der Waals surface area contributed by atoms with E-state index in [1.165, 1.54) is 0 Å². The van der Waals surface area contributed by atoms with Crippen LogP contribution in [0.1, 0.15) is 12.8 Å². The fraction of sp³-hybridized carbons (Fsp3) is 1.00. The van der Waals surface area contributed by atoms with Crippen LogP contribution in [0, 0.1) is 5.92 Å². The lowest BCUT2D eigenvalue weighted by molar-refractivity contribution is -0.222. The molecule has 3 N–H and O–H groups in total. The molecule has 1 heterocycles. The molecule has 0 aliphatic carbocycles. The number of nitrogens with two attached hydrogens (primary N) is 1. The average Bonchev–Trinajstić information content (AvgIpc) is 2.14. The maximum absolute atomic E-state index is 12.2. The van der Waals surface area contributed by atoms with Crippen LogP contribution in [-0.4, -0.2) is 43.2 Å². The summed E-state index contributed by atoms with van der Waals surface area (Å²) in [6.07, 6.45) is -7.14. The van der Waals surface area contributed by atoms with E-state index in [0.717, 1.165) is 4.31 Å². The van der Waals surface area contributed by atoms with E-state index in [4.69, 9.17) is 10.2 Å². The lowest BCUT2D eigenvalue weighted by Gasteiger charge is -2.32. The van der Waals surface area contributed by atoms with Gasteiger partial charge in [0.25, 0.3) is 10.2 Å². The van der Waals surface area contributed by atoms with Gasteiger partial charge in [0.1, 0.15) is 0 Å². The first kappa shape index (κ1) is 13.7. The van der Waals surface area contributed by atoms with Crippen LogP contribution in [-0.2, 0) is 10.2 Å². The first-order valence-electron chi connectivity index (χ1n) is 4.65. The van der Waals surface area contributed by atoms with Crippen molar-refractivity contribution >= 4 is 10.2 Å². The van der Waals surface area contributed by atoms with Crippen LogP contribution in [0.3, 0.4) is 0 Å². The second-order valence-corrected chi connectivity index (χ2v) is 5.31. The highest BCUT2D eigenvalue weighted by molar-refractivity contribution is 7.86. The van der Waals surface area contributed by atoms with Gasteiger partial charge in [-0.3, -0.25) is 0 Å². The standard InChI is InChI=1S/C7H13F3N2O3S/c8-7(9,10)6(13)5-1-3-12(4-2-5)16(11,14)15/h5-6,13H,1-4H2,(H2,11,14,15). The zero-order valence-electron chi connectivity index (χ0n) is 8.31. The van der Waals surface area contributed by atoms with Gasteiger partial charge in [-0.15, -0.1) is 0 Å². The van der Waals surface area contributed by atoms with Gasteiger partial charge in [0.05, 0.1) is 0 Å². The summed E-state index contributed by atoms with van der Waals surface area (Å²) < 4.78 is 59.1. The number of halogens is 3. The van der Waals surface area contributed by atoms with E-state index in [-0.39, 0.29) is 25.9 Å². The van der Waals surface area contributed by atoms with E-state index in [0.29, 0.717) is 0 Å². The first-order valence-corrected chi connectivity index (χ1v) is 6.15. The van der Waals surface area contributed by atoms with Gasteiger partial charge in [0.15, 0.2) is 6.10 Å². The third-order valence-electron chi connectivity index (χ3n) is 2.64. The lowest BCUT2D eigenvalue weighted by atomic mass is 9.92. The molecule has 1 saturated heterocycles. The van der Waals surface area contributed by atoms with Crippen molar-refractivity contribution in [1.82, 2.24) is 4.31 Å². The number of aliphatic hydroxyl groups excluding tert-OH is 1. The third kappa shape index (κ3) is 3.30. The van der Waals surface area contributed by atoms with Gasteiger partial charge in [0.2, 0.25) is 0 Å². The van der Waals surface area contributed by atoms with Crippen molar-refractivity contribution in [2.75, 3.05) is 13.1 Å². The summed E-state index contributed by atoms with van der Waals surface area (Å²) in [6, 6.07) is 0. The van der Waals surface area contributed by atoms with Crippen molar-refractivity contribution in [1.29, 1.82) is 0 Å². The summed E-state index contributed by atoms with van der Waals surface area (Å²) in [4.78, 5) is 0. The van der Waals surface area contributed by atoms with Gasteiger partial charge < -0.3 is 5.11 Å². The van der Waals surface area contributed by atoms with Crippen molar-refractivity contribution in [2.45, 2.75) is 25.1 Å². The van der Waals surface area contributed by atoms with Crippen molar-refractivity contribution in [3.63, 3.8) is 0 Å². The van der Waals surface area contributed by atoms with Gasteiger partial charge in [-0.1, -0.05) is 0 Å². The quantitative estimate of drug-likeness (QED) is 0.724. The Morgan fingerprint density at radius 3 is 2.06 bits per heavy atom. The molecule has 1 rings (SSSR count). The molecular formula is C7H13F3N2O3S. The highest BCUT2D eigenvalue weighted by atomic mass is 32.2. The molecule has 0 saturated carbocycles. The van der Waals surface area contributed by atoms with Gasteiger partial charge >= 0.3 is 6.18 Å². The minimum atomic E-state index is -4.66. The van der Waals surface area contributed by atoms with Crippen LogP contribution in [0.25, 0.3) is 0 Å². The van der Waals surface area contributed by atoms with Gasteiger partial charge in [-0.2, -0.15) is 25.9 Å². The summed E-state index contributed by atoms with van der Waals surface area (Å²) in [6.45, 7) is -0.173. The van der Waals surface area contributed by atoms with Crippen molar-refractivity contribution in [3.8, 4) is 0 Å². The molecule has 1 atom stereocenters. The topological polar surface area (TPSA) is 83.6 Å². The molecule has 0 amide bonds. The van der Waals surface area contributed by atoms with E-state index in [1.54, 1.807) is 0 Å². The molecular weight excluding hydrogens is 249 g/mol. The maximum Gasteiger partial charge on any atom is 0.414 e. The Hall–Kier alpha value is -0.380. The summed E-state index contributed by atoms with van der Waals surface area (Å²) in [5.41, 5.74) is 0. The molecule has 0 aromatic rings. The van der Waals surface area contributed by atoms with Gasteiger partial charge in [-0.05, 0) is 18.8 Å². The molecule has 0 bridgehead atoms. The van der Waals surface area contributed by atoms with Crippen molar-refractivity contribution in [3.05, 3.63) is 0 Å². The van der Waals surface area contributed by atoms with E-state index in [2.05, 4.69) is 0 Å². The molecule has 0 aromatic heterocycles. The van der Waals surface area contributed by atoms with Gasteiger partial charge in [-0.25, -0.2) is 5.14 Å². The molecule has 96 valence electrons. The Morgan fingerprint density at radius 1 is 1.31 bits per heavy atom. The summed E-state index contributed by atoms with van der Waals surface area (Å²) in [5.74, 6) is -0.960. The smallest absolute Gasteiger partial charge is 0.383 e. The zero-order valence-corrected chi connectivity index (χ0v) is 9.13. The molecule has 16 heavy (non-hydrogen) atoms. The number of hydrogen-bond donors (Lipinski definition) is 2. The predicted molar refractivity (Wildman–Crippen MR) is 49.5 cm³/mol. The molecule has 0 spiro atoms. The summed E-state index contributed by atoms with van der Waals surface area (Å²) in [7, 11) is -3.84. The number of hydrogen-bond acceptors (Lipinski definition) is 3.